The van der Waals surface area contributed by atoms with Crippen LogP contribution in [0.1, 0.15) is 29.5 Å². The van der Waals surface area contributed by atoms with Gasteiger partial charge in [0.1, 0.15) is 5.75 Å². The van der Waals surface area contributed by atoms with E-state index in [4.69, 9.17) is 16.3 Å². The van der Waals surface area contributed by atoms with E-state index in [2.05, 4.69) is 72.1 Å². The summed E-state index contributed by atoms with van der Waals surface area (Å²) in [5.41, 5.74) is 3.56. The zero-order valence-electron chi connectivity index (χ0n) is 16.7. The summed E-state index contributed by atoms with van der Waals surface area (Å²) in [4.78, 5) is 0. The summed E-state index contributed by atoms with van der Waals surface area (Å²) in [5.74, 6) is 1.55. The van der Waals surface area contributed by atoms with Crippen LogP contribution in [0.5, 0.6) is 5.75 Å². The van der Waals surface area contributed by atoms with Gasteiger partial charge in [-0.05, 0) is 57.6 Å². The summed E-state index contributed by atoms with van der Waals surface area (Å²) in [6.45, 7) is 0. The molecule has 2 aliphatic rings. The second-order valence-corrected chi connectivity index (χ2v) is 8.65. The predicted molar refractivity (Wildman–Crippen MR) is 126 cm³/mol. The summed E-state index contributed by atoms with van der Waals surface area (Å²) in [7, 11) is 1.73. The van der Waals surface area contributed by atoms with E-state index in [0.29, 0.717) is 5.92 Å². The number of methoxy groups -OCH3 is 1. The Labute approximate surface area is 181 Å². The molecule has 0 fully saturated rings. The minimum absolute atomic E-state index is 0.167. The third-order valence-corrected chi connectivity index (χ3v) is 7.10. The molecule has 1 heterocycles. The largest absolute Gasteiger partial charge is 0.495 e. The van der Waals surface area contributed by atoms with E-state index < -0.39 is 0 Å². The quantitative estimate of drug-likeness (QED) is 0.272. The van der Waals surface area contributed by atoms with E-state index in [-0.39, 0.29) is 12.0 Å². The van der Waals surface area contributed by atoms with Crippen molar-refractivity contribution in [3.05, 3.63) is 95.0 Å². The lowest BCUT2D eigenvalue weighted by atomic mass is 9.75. The number of nitrogens with one attached hydrogen (secondary N) is 1. The molecule has 1 aliphatic carbocycles. The Hall–Kier alpha value is -2.97. The van der Waals surface area contributed by atoms with Crippen LogP contribution >= 0.6 is 11.6 Å². The fourth-order valence-corrected chi connectivity index (χ4v) is 5.76. The lowest BCUT2D eigenvalue weighted by Crippen LogP contribution is -2.30. The third-order valence-electron chi connectivity index (χ3n) is 6.77. The van der Waals surface area contributed by atoms with E-state index in [0.717, 1.165) is 28.4 Å². The first-order chi connectivity index (χ1) is 14.8. The molecule has 148 valence electrons. The molecule has 0 unspecified atom stereocenters. The highest BCUT2D eigenvalue weighted by Gasteiger charge is 2.41. The summed E-state index contributed by atoms with van der Waals surface area (Å²) in [6.07, 6.45) is 5.67. The van der Waals surface area contributed by atoms with Crippen LogP contribution < -0.4 is 10.1 Å². The minimum atomic E-state index is 0.167. The number of halogens is 1. The zero-order valence-corrected chi connectivity index (χ0v) is 17.5. The molecule has 4 aromatic carbocycles. The molecular formula is C27H22ClNO. The third kappa shape index (κ3) is 2.50. The van der Waals surface area contributed by atoms with Crippen LogP contribution in [0.2, 0.25) is 5.02 Å². The minimum Gasteiger partial charge on any atom is -0.495 e. The topological polar surface area (TPSA) is 21.3 Å². The molecule has 6 rings (SSSR count). The van der Waals surface area contributed by atoms with Gasteiger partial charge in [-0.25, -0.2) is 0 Å². The van der Waals surface area contributed by atoms with E-state index >= 15 is 0 Å². The average molecular weight is 412 g/mol. The van der Waals surface area contributed by atoms with Crippen LogP contribution in [-0.4, -0.2) is 7.11 Å². The van der Waals surface area contributed by atoms with Crippen LogP contribution in [0.3, 0.4) is 0 Å². The van der Waals surface area contributed by atoms with Crippen molar-refractivity contribution in [1.29, 1.82) is 0 Å². The van der Waals surface area contributed by atoms with Crippen molar-refractivity contribution >= 4 is 38.8 Å². The summed E-state index contributed by atoms with van der Waals surface area (Å²) >= 11 is 6.69. The molecule has 1 aliphatic heterocycles. The number of benzene rings is 4. The van der Waals surface area contributed by atoms with E-state index in [9.17, 15) is 0 Å². The smallest absolute Gasteiger partial charge is 0.142 e. The first-order valence-corrected chi connectivity index (χ1v) is 10.8. The van der Waals surface area contributed by atoms with Crippen LogP contribution in [-0.2, 0) is 0 Å². The number of rotatable bonds is 2. The molecule has 3 atom stereocenters. The van der Waals surface area contributed by atoms with Crippen molar-refractivity contribution in [3.8, 4) is 5.75 Å². The van der Waals surface area contributed by atoms with Gasteiger partial charge in [-0.3, -0.25) is 0 Å². The van der Waals surface area contributed by atoms with Crippen LogP contribution in [0, 0.1) is 5.92 Å². The maximum atomic E-state index is 6.69. The molecule has 3 heteroatoms. The number of ether oxygens (including phenoxy) is 1. The van der Waals surface area contributed by atoms with Crippen LogP contribution in [0.15, 0.2) is 78.9 Å². The van der Waals surface area contributed by atoms with Crippen LogP contribution in [0.25, 0.3) is 21.5 Å². The molecule has 30 heavy (non-hydrogen) atoms. The molecule has 0 amide bonds. The highest BCUT2D eigenvalue weighted by molar-refractivity contribution is 6.32. The maximum Gasteiger partial charge on any atom is 0.142 e. The highest BCUT2D eigenvalue weighted by Crippen LogP contribution is 2.55. The Bertz CT molecular complexity index is 1270. The maximum absolute atomic E-state index is 6.69. The van der Waals surface area contributed by atoms with Gasteiger partial charge >= 0.3 is 0 Å². The van der Waals surface area contributed by atoms with Crippen LogP contribution in [0.4, 0.5) is 5.69 Å². The standard InChI is InChI=1S/C27H22ClNO/c1-30-23-14-13-22(28)25-20-11-6-12-21(20)26(29-27(23)25)24-18-9-4-2-7-16(18)15-17-8-3-5-10-19(17)24/h2-11,13-15,20-21,26,29H,12H2,1H3/t20-,21+,26-/m1/s1. The van der Waals surface area contributed by atoms with Crippen molar-refractivity contribution in [3.63, 3.8) is 0 Å². The Morgan fingerprint density at radius 2 is 1.60 bits per heavy atom. The molecule has 1 N–H and O–H groups in total. The molecule has 2 nitrogen and oxygen atoms in total. The van der Waals surface area contributed by atoms with Crippen molar-refractivity contribution in [2.75, 3.05) is 12.4 Å². The number of allylic oxidation sites excluding steroid dienone is 2. The number of anilines is 1. The molecule has 4 aromatic rings. The molecule has 0 aromatic heterocycles. The Morgan fingerprint density at radius 1 is 0.900 bits per heavy atom. The van der Waals surface area contributed by atoms with Gasteiger partial charge in [-0.2, -0.15) is 0 Å². The average Bonchev–Trinajstić information content (AvgIpc) is 3.27. The fourth-order valence-electron chi connectivity index (χ4n) is 5.48. The molecule has 0 spiro atoms. The van der Waals surface area contributed by atoms with Crippen molar-refractivity contribution in [2.24, 2.45) is 5.92 Å². The van der Waals surface area contributed by atoms with Gasteiger partial charge in [0.05, 0.1) is 18.8 Å². The van der Waals surface area contributed by atoms with Gasteiger partial charge in [-0.15, -0.1) is 0 Å². The first-order valence-electron chi connectivity index (χ1n) is 10.5. The van der Waals surface area contributed by atoms with E-state index in [1.165, 1.54) is 27.1 Å². The monoisotopic (exact) mass is 411 g/mol. The van der Waals surface area contributed by atoms with Gasteiger partial charge in [0.15, 0.2) is 0 Å². The lowest BCUT2D eigenvalue weighted by molar-refractivity contribution is 0.398. The summed E-state index contributed by atoms with van der Waals surface area (Å²) in [5, 5.41) is 9.86. The first kappa shape index (κ1) is 17.9. The zero-order chi connectivity index (χ0) is 20.2. The summed E-state index contributed by atoms with van der Waals surface area (Å²) < 4.78 is 5.73. The second-order valence-electron chi connectivity index (χ2n) is 8.25. The normalized spacial score (nSPS) is 22.0. The van der Waals surface area contributed by atoms with Gasteiger partial charge in [-0.1, -0.05) is 72.3 Å². The molecule has 0 saturated heterocycles. The lowest BCUT2D eigenvalue weighted by Gasteiger charge is -2.39. The molecular weight excluding hydrogens is 390 g/mol. The molecule has 0 radical (unpaired) electrons. The van der Waals surface area contributed by atoms with Crippen molar-refractivity contribution < 1.29 is 4.74 Å². The fraction of sp³-hybridized carbons (Fsp3) is 0.185. The number of fused-ring (bicyclic) bond motifs is 5. The highest BCUT2D eigenvalue weighted by atomic mass is 35.5. The van der Waals surface area contributed by atoms with E-state index in [1.807, 2.05) is 12.1 Å². The number of hydrogen-bond acceptors (Lipinski definition) is 2. The molecule has 0 bridgehead atoms. The Kier molecular flexibility index (Phi) is 4.04. The Balaban J connectivity index is 1.66. The van der Waals surface area contributed by atoms with Crippen molar-refractivity contribution in [1.82, 2.24) is 0 Å². The van der Waals surface area contributed by atoms with Crippen molar-refractivity contribution in [2.45, 2.75) is 18.4 Å². The van der Waals surface area contributed by atoms with Gasteiger partial charge in [0.25, 0.3) is 0 Å². The predicted octanol–water partition coefficient (Wildman–Crippen LogP) is 7.48. The van der Waals surface area contributed by atoms with Gasteiger partial charge in [0.2, 0.25) is 0 Å². The van der Waals surface area contributed by atoms with Gasteiger partial charge < -0.3 is 10.1 Å². The Morgan fingerprint density at radius 3 is 2.30 bits per heavy atom. The number of hydrogen-bond donors (Lipinski definition) is 1. The second kappa shape index (κ2) is 6.78. The van der Waals surface area contributed by atoms with Gasteiger partial charge in [0, 0.05) is 16.5 Å². The SMILES string of the molecule is COc1ccc(Cl)c2c1N[C@@H](c1c3ccccc3cc3ccccc13)[C@H]1CC=C[C@@H]21. The molecule has 0 saturated carbocycles. The van der Waals surface area contributed by atoms with E-state index in [1.54, 1.807) is 7.11 Å². The summed E-state index contributed by atoms with van der Waals surface area (Å²) in [6, 6.07) is 23.8.